The van der Waals surface area contributed by atoms with E-state index in [1.54, 1.807) is 43.5 Å². The van der Waals surface area contributed by atoms with Crippen molar-refractivity contribution in [3.8, 4) is 11.5 Å². The third kappa shape index (κ3) is 4.24. The second kappa shape index (κ2) is 7.31. The van der Waals surface area contributed by atoms with Crippen LogP contribution in [-0.4, -0.2) is 19.1 Å². The highest BCUT2D eigenvalue weighted by atomic mass is 79.9. The molecule has 0 aromatic heterocycles. The Bertz CT molecular complexity index is 653. The van der Waals surface area contributed by atoms with Crippen LogP contribution in [0.3, 0.4) is 0 Å². The fraction of sp³-hybridized carbons (Fsp3) is 0.235. The van der Waals surface area contributed by atoms with E-state index < -0.39 is 0 Å². The quantitative estimate of drug-likeness (QED) is 0.850. The normalized spacial score (nSPS) is 10.4. The van der Waals surface area contributed by atoms with Gasteiger partial charge in [-0.3, -0.25) is 4.79 Å². The molecule has 0 aliphatic heterocycles. The van der Waals surface area contributed by atoms with Crippen molar-refractivity contribution >= 4 is 27.5 Å². The highest BCUT2D eigenvalue weighted by molar-refractivity contribution is 9.10. The number of carbonyl (C=O) groups excluding carboxylic acids is 1. The maximum atomic E-state index is 12.5. The minimum atomic E-state index is -0.220. The summed E-state index contributed by atoms with van der Waals surface area (Å²) in [5, 5.41) is 2.86. The van der Waals surface area contributed by atoms with Crippen molar-refractivity contribution in [2.75, 3.05) is 12.4 Å². The first-order chi connectivity index (χ1) is 10.5. The summed E-state index contributed by atoms with van der Waals surface area (Å²) in [7, 11) is 1.60. The topological polar surface area (TPSA) is 47.6 Å². The molecule has 116 valence electrons. The van der Waals surface area contributed by atoms with Gasteiger partial charge in [0.15, 0.2) is 0 Å². The van der Waals surface area contributed by atoms with Crippen LogP contribution >= 0.6 is 15.9 Å². The molecule has 2 rings (SSSR count). The number of halogens is 1. The molecular weight excluding hydrogens is 346 g/mol. The van der Waals surface area contributed by atoms with E-state index in [4.69, 9.17) is 9.47 Å². The van der Waals surface area contributed by atoms with E-state index in [0.717, 1.165) is 10.2 Å². The zero-order valence-corrected chi connectivity index (χ0v) is 14.3. The number of anilines is 1. The molecule has 1 amide bonds. The molecule has 0 aliphatic carbocycles. The molecule has 0 unspecified atom stereocenters. The third-order valence-corrected chi connectivity index (χ3v) is 3.39. The lowest BCUT2D eigenvalue weighted by Crippen LogP contribution is -2.15. The maximum Gasteiger partial charge on any atom is 0.259 e. The molecule has 4 nitrogen and oxygen atoms in total. The van der Waals surface area contributed by atoms with E-state index in [2.05, 4.69) is 21.2 Å². The molecule has 1 N–H and O–H groups in total. The van der Waals surface area contributed by atoms with Crippen molar-refractivity contribution in [2.45, 2.75) is 20.0 Å². The fourth-order valence-electron chi connectivity index (χ4n) is 1.91. The number of carbonyl (C=O) groups is 1. The fourth-order valence-corrected chi connectivity index (χ4v) is 2.27. The summed E-state index contributed by atoms with van der Waals surface area (Å²) < 4.78 is 11.6. The Morgan fingerprint density at radius 3 is 2.41 bits per heavy atom. The van der Waals surface area contributed by atoms with Gasteiger partial charge in [-0.1, -0.05) is 15.9 Å². The maximum absolute atomic E-state index is 12.5. The minimum Gasteiger partial charge on any atom is -0.497 e. The summed E-state index contributed by atoms with van der Waals surface area (Å²) in [6.07, 6.45) is -0.00582. The predicted molar refractivity (Wildman–Crippen MR) is 90.9 cm³/mol. The molecule has 0 saturated heterocycles. The molecule has 0 atom stereocenters. The van der Waals surface area contributed by atoms with Crippen molar-refractivity contribution in [3.63, 3.8) is 0 Å². The van der Waals surface area contributed by atoms with E-state index in [-0.39, 0.29) is 12.0 Å². The zero-order valence-electron chi connectivity index (χ0n) is 12.7. The Kier molecular flexibility index (Phi) is 5.44. The SMILES string of the molecule is COc1ccc(NC(=O)c2cc(Br)ccc2OC(C)C)cc1. The molecule has 22 heavy (non-hydrogen) atoms. The van der Waals surface area contributed by atoms with Crippen molar-refractivity contribution in [1.29, 1.82) is 0 Å². The highest BCUT2D eigenvalue weighted by Crippen LogP contribution is 2.25. The summed E-state index contributed by atoms with van der Waals surface area (Å²) in [6, 6.07) is 12.5. The summed E-state index contributed by atoms with van der Waals surface area (Å²) in [5.74, 6) is 1.08. The summed E-state index contributed by atoms with van der Waals surface area (Å²) in [6.45, 7) is 3.85. The standard InChI is InChI=1S/C17H18BrNO3/c1-11(2)22-16-9-4-12(18)10-15(16)17(20)19-13-5-7-14(21-3)8-6-13/h4-11H,1-3H3,(H,19,20). The Morgan fingerprint density at radius 2 is 1.82 bits per heavy atom. The number of hydrogen-bond acceptors (Lipinski definition) is 3. The van der Waals surface area contributed by atoms with E-state index in [1.807, 2.05) is 19.9 Å². The number of rotatable bonds is 5. The Labute approximate surface area is 138 Å². The van der Waals surface area contributed by atoms with Gasteiger partial charge in [0.05, 0.1) is 18.8 Å². The van der Waals surface area contributed by atoms with Crippen molar-refractivity contribution < 1.29 is 14.3 Å². The van der Waals surface area contributed by atoms with Gasteiger partial charge in [0.25, 0.3) is 5.91 Å². The average molecular weight is 364 g/mol. The molecule has 2 aromatic rings. The van der Waals surface area contributed by atoms with Crippen LogP contribution < -0.4 is 14.8 Å². The number of amides is 1. The van der Waals surface area contributed by atoms with Gasteiger partial charge in [-0.25, -0.2) is 0 Å². The van der Waals surface area contributed by atoms with Gasteiger partial charge in [0, 0.05) is 10.2 Å². The van der Waals surface area contributed by atoms with E-state index >= 15 is 0 Å². The second-order valence-electron chi connectivity index (χ2n) is 4.99. The Morgan fingerprint density at radius 1 is 1.14 bits per heavy atom. The number of ether oxygens (including phenoxy) is 2. The van der Waals surface area contributed by atoms with Gasteiger partial charge in [0.1, 0.15) is 11.5 Å². The third-order valence-electron chi connectivity index (χ3n) is 2.90. The van der Waals surface area contributed by atoms with Crippen LogP contribution in [0.1, 0.15) is 24.2 Å². The number of hydrogen-bond donors (Lipinski definition) is 1. The molecule has 0 saturated carbocycles. The molecule has 0 aliphatic rings. The number of nitrogens with one attached hydrogen (secondary N) is 1. The van der Waals surface area contributed by atoms with E-state index in [9.17, 15) is 4.79 Å². The number of methoxy groups -OCH3 is 1. The van der Waals surface area contributed by atoms with Crippen LogP contribution in [0, 0.1) is 0 Å². The van der Waals surface area contributed by atoms with Gasteiger partial charge in [-0.2, -0.15) is 0 Å². The molecular formula is C17H18BrNO3. The van der Waals surface area contributed by atoms with Gasteiger partial charge in [-0.15, -0.1) is 0 Å². The van der Waals surface area contributed by atoms with E-state index in [0.29, 0.717) is 17.0 Å². The van der Waals surface area contributed by atoms with Crippen molar-refractivity contribution in [2.24, 2.45) is 0 Å². The molecule has 0 bridgehead atoms. The molecule has 0 fully saturated rings. The van der Waals surface area contributed by atoms with Crippen LogP contribution in [0.25, 0.3) is 0 Å². The largest absolute Gasteiger partial charge is 0.497 e. The van der Waals surface area contributed by atoms with Crippen LogP contribution in [0.15, 0.2) is 46.9 Å². The highest BCUT2D eigenvalue weighted by Gasteiger charge is 2.14. The first-order valence-corrected chi connectivity index (χ1v) is 7.70. The monoisotopic (exact) mass is 363 g/mol. The summed E-state index contributed by atoms with van der Waals surface area (Å²) >= 11 is 3.38. The summed E-state index contributed by atoms with van der Waals surface area (Å²) in [5.41, 5.74) is 1.18. The summed E-state index contributed by atoms with van der Waals surface area (Å²) in [4.78, 5) is 12.5. The van der Waals surface area contributed by atoms with Gasteiger partial charge < -0.3 is 14.8 Å². The van der Waals surface area contributed by atoms with Gasteiger partial charge in [0.2, 0.25) is 0 Å². The lowest BCUT2D eigenvalue weighted by molar-refractivity contribution is 0.102. The first-order valence-electron chi connectivity index (χ1n) is 6.91. The van der Waals surface area contributed by atoms with Crippen LogP contribution in [0.2, 0.25) is 0 Å². The predicted octanol–water partition coefficient (Wildman–Crippen LogP) is 4.50. The molecule has 0 radical (unpaired) electrons. The van der Waals surface area contributed by atoms with E-state index in [1.165, 1.54) is 0 Å². The van der Waals surface area contributed by atoms with Gasteiger partial charge in [-0.05, 0) is 56.3 Å². The zero-order chi connectivity index (χ0) is 16.1. The van der Waals surface area contributed by atoms with Crippen LogP contribution in [-0.2, 0) is 0 Å². The lowest BCUT2D eigenvalue weighted by atomic mass is 10.1. The minimum absolute atomic E-state index is 0.00582. The van der Waals surface area contributed by atoms with Gasteiger partial charge >= 0.3 is 0 Å². The first kappa shape index (κ1) is 16.4. The average Bonchev–Trinajstić information content (AvgIpc) is 2.49. The van der Waals surface area contributed by atoms with Crippen LogP contribution in [0.5, 0.6) is 11.5 Å². The molecule has 5 heteroatoms. The van der Waals surface area contributed by atoms with Crippen molar-refractivity contribution in [1.82, 2.24) is 0 Å². The number of benzene rings is 2. The smallest absolute Gasteiger partial charge is 0.259 e. The Balaban J connectivity index is 2.22. The lowest BCUT2D eigenvalue weighted by Gasteiger charge is -2.14. The Hall–Kier alpha value is -2.01. The van der Waals surface area contributed by atoms with Crippen LogP contribution in [0.4, 0.5) is 5.69 Å². The second-order valence-corrected chi connectivity index (χ2v) is 5.91. The molecule has 0 heterocycles. The molecule has 0 spiro atoms. The molecule has 2 aromatic carbocycles. The van der Waals surface area contributed by atoms with Crippen molar-refractivity contribution in [3.05, 3.63) is 52.5 Å².